The fourth-order valence-corrected chi connectivity index (χ4v) is 3.16. The lowest BCUT2D eigenvalue weighted by Gasteiger charge is -2.27. The highest BCUT2D eigenvalue weighted by atomic mass is 19.2. The van der Waals surface area contributed by atoms with E-state index in [1.54, 1.807) is 0 Å². The second-order valence-corrected chi connectivity index (χ2v) is 6.48. The fraction of sp³-hybridized carbons (Fsp3) is 0.412. The molecule has 1 aromatic heterocycles. The Morgan fingerprint density at radius 2 is 1.92 bits per heavy atom. The minimum Gasteiger partial charge on any atom is -0.310 e. The van der Waals surface area contributed by atoms with Crippen LogP contribution in [0.3, 0.4) is 0 Å². The Kier molecular flexibility index (Phi) is 3.68. The molecule has 2 heterocycles. The van der Waals surface area contributed by atoms with Crippen molar-refractivity contribution in [3.05, 3.63) is 62.6 Å². The fourth-order valence-electron chi connectivity index (χ4n) is 3.16. The molecule has 0 atom stereocenters. The zero-order valence-electron chi connectivity index (χ0n) is 12.9. The quantitative estimate of drug-likeness (QED) is 0.877. The van der Waals surface area contributed by atoms with Gasteiger partial charge in [-0.05, 0) is 37.0 Å². The van der Waals surface area contributed by atoms with Gasteiger partial charge in [-0.15, -0.1) is 0 Å². The average molecular weight is 335 g/mol. The summed E-state index contributed by atoms with van der Waals surface area (Å²) in [4.78, 5) is 21.5. The molecule has 2 aliphatic rings. The first kappa shape index (κ1) is 15.4. The minimum atomic E-state index is -1.45. The van der Waals surface area contributed by atoms with E-state index >= 15 is 0 Å². The summed E-state index contributed by atoms with van der Waals surface area (Å²) in [6.45, 7) is 1.31. The highest BCUT2D eigenvalue weighted by Crippen LogP contribution is 2.37. The first-order valence-corrected chi connectivity index (χ1v) is 7.99. The summed E-state index contributed by atoms with van der Waals surface area (Å²) in [5, 5.41) is 0. The first-order chi connectivity index (χ1) is 11.5. The van der Waals surface area contributed by atoms with Crippen LogP contribution in [0.25, 0.3) is 0 Å². The molecule has 0 spiro atoms. The average Bonchev–Trinajstić information content (AvgIpc) is 3.37. The van der Waals surface area contributed by atoms with Crippen molar-refractivity contribution in [2.75, 3.05) is 6.54 Å². The number of halogens is 3. The number of fused-ring (bicyclic) bond motifs is 1. The lowest BCUT2D eigenvalue weighted by Crippen LogP contribution is -2.35. The molecule has 1 aromatic carbocycles. The van der Waals surface area contributed by atoms with Crippen molar-refractivity contribution >= 4 is 0 Å². The van der Waals surface area contributed by atoms with Gasteiger partial charge >= 0.3 is 0 Å². The van der Waals surface area contributed by atoms with Gasteiger partial charge in [0.05, 0.1) is 5.69 Å². The summed E-state index contributed by atoms with van der Waals surface area (Å²) in [6, 6.07) is 2.02. The van der Waals surface area contributed by atoms with Crippen molar-refractivity contribution in [3.8, 4) is 0 Å². The van der Waals surface area contributed by atoms with Crippen molar-refractivity contribution in [2.24, 2.45) is 0 Å². The number of hydrogen-bond acceptors (Lipinski definition) is 3. The summed E-state index contributed by atoms with van der Waals surface area (Å²) in [6.07, 6.45) is 2.62. The molecule has 24 heavy (non-hydrogen) atoms. The number of aromatic amines is 1. The van der Waals surface area contributed by atoms with Crippen LogP contribution in [-0.4, -0.2) is 21.4 Å². The van der Waals surface area contributed by atoms with Crippen LogP contribution in [0.4, 0.5) is 13.2 Å². The smallest absolute Gasteiger partial charge is 0.254 e. The predicted molar refractivity (Wildman–Crippen MR) is 81.0 cm³/mol. The van der Waals surface area contributed by atoms with Gasteiger partial charge in [0, 0.05) is 31.1 Å². The van der Waals surface area contributed by atoms with E-state index in [9.17, 15) is 18.0 Å². The summed E-state index contributed by atoms with van der Waals surface area (Å²) in [5.74, 6) is -2.75. The second-order valence-electron chi connectivity index (χ2n) is 6.48. The summed E-state index contributed by atoms with van der Waals surface area (Å²) in [5.41, 5.74) is 1.70. The van der Waals surface area contributed by atoms with E-state index in [2.05, 4.69) is 9.97 Å². The molecule has 4 rings (SSSR count). The number of nitrogens with one attached hydrogen (secondary N) is 1. The van der Waals surface area contributed by atoms with Crippen molar-refractivity contribution < 1.29 is 13.2 Å². The highest BCUT2D eigenvalue weighted by Gasteiger charge is 2.29. The van der Waals surface area contributed by atoms with Gasteiger partial charge in [0.2, 0.25) is 0 Å². The van der Waals surface area contributed by atoms with Crippen LogP contribution in [0.1, 0.15) is 41.4 Å². The summed E-state index contributed by atoms with van der Waals surface area (Å²) >= 11 is 0. The van der Waals surface area contributed by atoms with Crippen LogP contribution < -0.4 is 5.56 Å². The molecule has 0 saturated heterocycles. The Morgan fingerprint density at radius 1 is 1.21 bits per heavy atom. The van der Waals surface area contributed by atoms with Gasteiger partial charge < -0.3 is 4.98 Å². The largest absolute Gasteiger partial charge is 0.310 e. The van der Waals surface area contributed by atoms with Crippen molar-refractivity contribution in [1.29, 1.82) is 0 Å². The Hall–Kier alpha value is -2.15. The van der Waals surface area contributed by atoms with Gasteiger partial charge in [0.15, 0.2) is 17.5 Å². The van der Waals surface area contributed by atoms with Gasteiger partial charge in [-0.2, -0.15) is 0 Å². The van der Waals surface area contributed by atoms with Crippen molar-refractivity contribution in [3.63, 3.8) is 0 Å². The van der Waals surface area contributed by atoms with E-state index in [0.717, 1.165) is 36.5 Å². The van der Waals surface area contributed by atoms with E-state index < -0.39 is 17.5 Å². The van der Waals surface area contributed by atoms with Crippen LogP contribution in [0.2, 0.25) is 0 Å². The Morgan fingerprint density at radius 3 is 2.58 bits per heavy atom. The van der Waals surface area contributed by atoms with Crippen molar-refractivity contribution in [1.82, 2.24) is 14.9 Å². The van der Waals surface area contributed by atoms with Crippen LogP contribution in [-0.2, 0) is 19.5 Å². The SMILES string of the molecule is O=c1[nH]c(C2CC2)nc2c1CCN(Cc1cc(F)c(F)c(F)c1)C2. The van der Waals surface area contributed by atoms with Gasteiger partial charge in [-0.25, -0.2) is 18.2 Å². The molecule has 0 unspecified atom stereocenters. The maximum Gasteiger partial charge on any atom is 0.254 e. The number of nitrogens with zero attached hydrogens (tertiary/aromatic N) is 2. The molecule has 0 radical (unpaired) electrons. The molecular formula is C17H16F3N3O. The molecule has 0 bridgehead atoms. The van der Waals surface area contributed by atoms with Gasteiger partial charge in [-0.1, -0.05) is 0 Å². The summed E-state index contributed by atoms with van der Waals surface area (Å²) in [7, 11) is 0. The van der Waals surface area contributed by atoms with E-state index in [1.165, 1.54) is 0 Å². The number of hydrogen-bond donors (Lipinski definition) is 1. The van der Waals surface area contributed by atoms with Crippen molar-refractivity contribution in [2.45, 2.75) is 38.3 Å². The summed E-state index contributed by atoms with van der Waals surface area (Å²) < 4.78 is 39.7. The molecule has 1 fully saturated rings. The highest BCUT2D eigenvalue weighted by molar-refractivity contribution is 5.24. The van der Waals surface area contributed by atoms with E-state index in [4.69, 9.17) is 0 Å². The standard InChI is InChI=1S/C17H16F3N3O/c18-12-5-9(6-13(19)15(12)20)7-23-4-3-11-14(8-23)21-16(10-1-2-10)22-17(11)24/h5-6,10H,1-4,7-8H2,(H,21,22,24). The van der Waals surface area contributed by atoms with E-state index in [-0.39, 0.29) is 12.1 Å². The molecule has 1 N–H and O–H groups in total. The van der Waals surface area contributed by atoms with E-state index in [0.29, 0.717) is 36.6 Å². The number of benzene rings is 1. The topological polar surface area (TPSA) is 49.0 Å². The molecule has 4 nitrogen and oxygen atoms in total. The maximum absolute atomic E-state index is 13.3. The molecule has 126 valence electrons. The third-order valence-electron chi connectivity index (χ3n) is 4.58. The second kappa shape index (κ2) is 5.73. The third-order valence-corrected chi connectivity index (χ3v) is 4.58. The first-order valence-electron chi connectivity index (χ1n) is 7.99. The molecule has 7 heteroatoms. The minimum absolute atomic E-state index is 0.0829. The molecular weight excluding hydrogens is 319 g/mol. The Balaban J connectivity index is 1.57. The lowest BCUT2D eigenvalue weighted by molar-refractivity contribution is 0.239. The molecule has 1 aliphatic heterocycles. The van der Waals surface area contributed by atoms with E-state index in [1.807, 2.05) is 4.90 Å². The lowest BCUT2D eigenvalue weighted by atomic mass is 10.1. The number of aromatic nitrogens is 2. The normalized spacial score (nSPS) is 17.8. The molecule has 1 aliphatic carbocycles. The van der Waals surface area contributed by atoms with Crippen LogP contribution in [0.5, 0.6) is 0 Å². The zero-order valence-corrected chi connectivity index (χ0v) is 12.9. The Labute approximate surface area is 136 Å². The zero-order chi connectivity index (χ0) is 16.8. The molecule has 1 saturated carbocycles. The van der Waals surface area contributed by atoms with Crippen LogP contribution in [0, 0.1) is 17.5 Å². The predicted octanol–water partition coefficient (Wildman–Crippen LogP) is 2.62. The van der Waals surface area contributed by atoms with Gasteiger partial charge in [0.25, 0.3) is 5.56 Å². The van der Waals surface area contributed by atoms with Crippen LogP contribution >= 0.6 is 0 Å². The number of rotatable bonds is 3. The maximum atomic E-state index is 13.3. The van der Waals surface area contributed by atoms with Gasteiger partial charge in [-0.3, -0.25) is 9.69 Å². The monoisotopic (exact) mass is 335 g/mol. The molecule has 2 aromatic rings. The molecule has 0 amide bonds. The Bertz CT molecular complexity index is 838. The number of H-pyrrole nitrogens is 1. The van der Waals surface area contributed by atoms with Crippen LogP contribution in [0.15, 0.2) is 16.9 Å². The van der Waals surface area contributed by atoms with Gasteiger partial charge in [0.1, 0.15) is 5.82 Å². The third kappa shape index (κ3) is 2.84.